The quantitative estimate of drug-likeness (QED) is 0.550. The third-order valence-electron chi connectivity index (χ3n) is 4.33. The van der Waals surface area contributed by atoms with E-state index in [-0.39, 0.29) is 18.1 Å². The molecule has 0 unspecified atom stereocenters. The van der Waals surface area contributed by atoms with Crippen LogP contribution in [0.1, 0.15) is 48.9 Å². The van der Waals surface area contributed by atoms with Gasteiger partial charge in [0.25, 0.3) is 0 Å². The highest BCUT2D eigenvalue weighted by Gasteiger charge is 2.23. The number of methoxy groups -OCH3 is 1. The van der Waals surface area contributed by atoms with E-state index >= 15 is 0 Å². The maximum atomic E-state index is 12.2. The summed E-state index contributed by atoms with van der Waals surface area (Å²) in [7, 11) is -1.91. The number of amides is 1. The first-order valence-corrected chi connectivity index (χ1v) is 10.5. The van der Waals surface area contributed by atoms with Crippen molar-refractivity contribution in [2.24, 2.45) is 0 Å². The van der Waals surface area contributed by atoms with E-state index in [1.54, 1.807) is 28.6 Å². The molecule has 0 atom stereocenters. The highest BCUT2D eigenvalue weighted by atomic mass is 32.2. The van der Waals surface area contributed by atoms with E-state index in [0.29, 0.717) is 37.2 Å². The van der Waals surface area contributed by atoms with Gasteiger partial charge >= 0.3 is 5.97 Å². The van der Waals surface area contributed by atoms with Gasteiger partial charge in [-0.25, -0.2) is 17.5 Å². The lowest BCUT2D eigenvalue weighted by molar-refractivity contribution is -0.116. The molecule has 8 heteroatoms. The van der Waals surface area contributed by atoms with Crippen LogP contribution in [-0.2, 0) is 19.6 Å². The lowest BCUT2D eigenvalue weighted by Gasteiger charge is -2.25. The van der Waals surface area contributed by atoms with Gasteiger partial charge in [-0.05, 0) is 43.9 Å². The molecule has 1 N–H and O–H groups in total. The summed E-state index contributed by atoms with van der Waals surface area (Å²) in [5, 5.41) is 2.72. The van der Waals surface area contributed by atoms with Crippen LogP contribution in [0.15, 0.2) is 24.3 Å². The minimum Gasteiger partial charge on any atom is -0.465 e. The van der Waals surface area contributed by atoms with Crippen molar-refractivity contribution in [2.45, 2.75) is 38.5 Å². The lowest BCUT2D eigenvalue weighted by Crippen LogP contribution is -2.37. The molecule has 1 aromatic carbocycles. The summed E-state index contributed by atoms with van der Waals surface area (Å²) < 4.78 is 30.7. The summed E-state index contributed by atoms with van der Waals surface area (Å²) in [6, 6.07) is 6.50. The fraction of sp³-hybridized carbons (Fsp3) is 0.556. The number of rotatable bonds is 8. The number of carbonyl (C=O) groups is 2. The molecule has 0 radical (unpaired) electrons. The van der Waals surface area contributed by atoms with Gasteiger partial charge < -0.3 is 10.1 Å². The standard InChI is InChI=1S/C18H26N2O5S/c1-25-18(22)15-8-7-9-16(14-15)19-17(21)10-3-6-13-26(23,24)20-11-4-2-5-12-20/h7-9,14H,2-6,10-13H2,1H3,(H,19,21). The second-order valence-electron chi connectivity index (χ2n) is 6.35. The van der Waals surface area contributed by atoms with Crippen molar-refractivity contribution in [3.8, 4) is 0 Å². The average molecular weight is 382 g/mol. The van der Waals surface area contributed by atoms with Gasteiger partial charge in [0, 0.05) is 25.2 Å². The van der Waals surface area contributed by atoms with Crippen molar-refractivity contribution in [1.29, 1.82) is 0 Å². The van der Waals surface area contributed by atoms with E-state index in [4.69, 9.17) is 0 Å². The number of esters is 1. The molecule has 1 aromatic rings. The summed E-state index contributed by atoms with van der Waals surface area (Å²) >= 11 is 0. The van der Waals surface area contributed by atoms with Crippen molar-refractivity contribution in [1.82, 2.24) is 4.31 Å². The zero-order valence-corrected chi connectivity index (χ0v) is 15.9. The predicted octanol–water partition coefficient (Wildman–Crippen LogP) is 2.40. The molecular formula is C18H26N2O5S. The van der Waals surface area contributed by atoms with Crippen molar-refractivity contribution in [2.75, 3.05) is 31.3 Å². The number of sulfonamides is 1. The van der Waals surface area contributed by atoms with E-state index in [1.807, 2.05) is 0 Å². The monoisotopic (exact) mass is 382 g/mol. The average Bonchev–Trinajstić information content (AvgIpc) is 2.65. The molecular weight excluding hydrogens is 356 g/mol. The summed E-state index contributed by atoms with van der Waals surface area (Å²) in [5.41, 5.74) is 0.872. The van der Waals surface area contributed by atoms with E-state index < -0.39 is 16.0 Å². The summed E-state index contributed by atoms with van der Waals surface area (Å²) in [6.07, 6.45) is 4.12. The zero-order chi connectivity index (χ0) is 19.0. The Labute approximate surface area is 154 Å². The van der Waals surface area contributed by atoms with Crippen LogP contribution < -0.4 is 5.32 Å². The van der Waals surface area contributed by atoms with E-state index in [0.717, 1.165) is 19.3 Å². The number of hydrogen-bond acceptors (Lipinski definition) is 5. The molecule has 0 saturated carbocycles. The Kier molecular flexibility index (Phi) is 7.59. The van der Waals surface area contributed by atoms with Crippen LogP contribution in [0.5, 0.6) is 0 Å². The second kappa shape index (κ2) is 9.68. The number of nitrogens with one attached hydrogen (secondary N) is 1. The maximum Gasteiger partial charge on any atom is 0.337 e. The van der Waals surface area contributed by atoms with Gasteiger partial charge in [0.15, 0.2) is 0 Å². The molecule has 7 nitrogen and oxygen atoms in total. The van der Waals surface area contributed by atoms with E-state index in [9.17, 15) is 18.0 Å². The maximum absolute atomic E-state index is 12.2. The number of anilines is 1. The van der Waals surface area contributed by atoms with Crippen LogP contribution in [-0.4, -0.2) is 50.6 Å². The van der Waals surface area contributed by atoms with Crippen LogP contribution in [0.4, 0.5) is 5.69 Å². The number of ether oxygens (including phenoxy) is 1. The third kappa shape index (κ3) is 6.10. The summed E-state index contributed by atoms with van der Waals surface area (Å²) in [5.74, 6) is -0.593. The Balaban J connectivity index is 1.74. The number of carbonyl (C=O) groups excluding carboxylic acids is 2. The van der Waals surface area contributed by atoms with Gasteiger partial charge in [0.2, 0.25) is 15.9 Å². The molecule has 26 heavy (non-hydrogen) atoms. The first-order chi connectivity index (χ1) is 12.4. The minimum atomic E-state index is -3.21. The lowest BCUT2D eigenvalue weighted by atomic mass is 10.2. The van der Waals surface area contributed by atoms with E-state index in [1.165, 1.54) is 7.11 Å². The van der Waals surface area contributed by atoms with E-state index in [2.05, 4.69) is 10.1 Å². The van der Waals surface area contributed by atoms with Crippen LogP contribution >= 0.6 is 0 Å². The molecule has 0 aliphatic carbocycles. The minimum absolute atomic E-state index is 0.0815. The molecule has 1 aliphatic rings. The second-order valence-corrected chi connectivity index (χ2v) is 8.44. The molecule has 1 fully saturated rings. The molecule has 144 valence electrons. The third-order valence-corrected chi connectivity index (χ3v) is 6.29. The van der Waals surface area contributed by atoms with Gasteiger partial charge in [-0.3, -0.25) is 4.79 Å². The molecule has 1 saturated heterocycles. The number of hydrogen-bond donors (Lipinski definition) is 1. The Morgan fingerprint density at radius 2 is 1.88 bits per heavy atom. The van der Waals surface area contributed by atoms with Crippen LogP contribution in [0, 0.1) is 0 Å². The Bertz CT molecular complexity index is 727. The highest BCUT2D eigenvalue weighted by molar-refractivity contribution is 7.89. The Morgan fingerprint density at radius 3 is 2.58 bits per heavy atom. The Hall–Kier alpha value is -1.93. The van der Waals surface area contributed by atoms with Gasteiger partial charge in [-0.2, -0.15) is 0 Å². The predicted molar refractivity (Wildman–Crippen MR) is 99.5 cm³/mol. The Morgan fingerprint density at radius 1 is 1.15 bits per heavy atom. The normalized spacial score (nSPS) is 15.4. The van der Waals surface area contributed by atoms with Gasteiger partial charge in [-0.15, -0.1) is 0 Å². The number of piperidine rings is 1. The largest absolute Gasteiger partial charge is 0.465 e. The zero-order valence-electron chi connectivity index (χ0n) is 15.1. The summed E-state index contributed by atoms with van der Waals surface area (Å²) in [4.78, 5) is 23.5. The molecule has 1 amide bonds. The number of nitrogens with zero attached hydrogens (tertiary/aromatic N) is 1. The van der Waals surface area contributed by atoms with Crippen molar-refractivity contribution in [3.05, 3.63) is 29.8 Å². The van der Waals surface area contributed by atoms with Gasteiger partial charge in [-0.1, -0.05) is 12.5 Å². The highest BCUT2D eigenvalue weighted by Crippen LogP contribution is 2.15. The number of unbranched alkanes of at least 4 members (excludes halogenated alkanes) is 1. The van der Waals surface area contributed by atoms with Gasteiger partial charge in [0.1, 0.15) is 0 Å². The first-order valence-electron chi connectivity index (χ1n) is 8.88. The fourth-order valence-electron chi connectivity index (χ4n) is 2.91. The molecule has 1 aliphatic heterocycles. The smallest absolute Gasteiger partial charge is 0.337 e. The molecule has 2 rings (SSSR count). The van der Waals surface area contributed by atoms with Crippen LogP contribution in [0.2, 0.25) is 0 Å². The molecule has 0 aromatic heterocycles. The van der Waals surface area contributed by atoms with Crippen molar-refractivity contribution >= 4 is 27.6 Å². The van der Waals surface area contributed by atoms with Crippen molar-refractivity contribution < 1.29 is 22.7 Å². The fourth-order valence-corrected chi connectivity index (χ4v) is 4.55. The van der Waals surface area contributed by atoms with Crippen LogP contribution in [0.25, 0.3) is 0 Å². The molecule has 0 spiro atoms. The first kappa shape index (κ1) is 20.4. The molecule has 0 bridgehead atoms. The van der Waals surface area contributed by atoms with Crippen molar-refractivity contribution in [3.63, 3.8) is 0 Å². The van der Waals surface area contributed by atoms with Gasteiger partial charge in [0.05, 0.1) is 18.4 Å². The SMILES string of the molecule is COC(=O)c1cccc(NC(=O)CCCCS(=O)(=O)N2CCCCC2)c1. The molecule has 1 heterocycles. The summed E-state index contributed by atoms with van der Waals surface area (Å²) in [6.45, 7) is 1.22. The van der Waals surface area contributed by atoms with Crippen LogP contribution in [0.3, 0.4) is 0 Å². The topological polar surface area (TPSA) is 92.8 Å². The number of benzene rings is 1.